The van der Waals surface area contributed by atoms with Crippen molar-refractivity contribution in [3.63, 3.8) is 0 Å². The number of nitrogens with two attached hydrogens (primary N) is 1. The number of nitrogens with one attached hydrogen (secondary N) is 1. The Kier molecular flexibility index (Phi) is 11.0. The van der Waals surface area contributed by atoms with Crippen LogP contribution in [0, 0.1) is 40.4 Å². The number of aromatic nitrogens is 2. The summed E-state index contributed by atoms with van der Waals surface area (Å²) < 4.78 is 38.1. The third-order valence-electron chi connectivity index (χ3n) is 6.93. The predicted octanol–water partition coefficient (Wildman–Crippen LogP) is 2.93. The topological polar surface area (TPSA) is 151 Å². The molecule has 2 aromatic heterocycles. The molecule has 2 aromatic rings. The zero-order chi connectivity index (χ0) is 30.3. The van der Waals surface area contributed by atoms with Crippen LogP contribution in [-0.2, 0) is 19.1 Å². The van der Waals surface area contributed by atoms with Crippen molar-refractivity contribution in [2.45, 2.75) is 52.4 Å². The molecule has 0 bridgehead atoms. The second kappa shape index (κ2) is 13.5. The number of ether oxygens (including phenoxy) is 1. The highest BCUT2D eigenvalue weighted by Gasteiger charge is 2.62. The number of nitrogens with zero attached hydrogens (tertiary/aromatic N) is 4. The highest BCUT2D eigenvalue weighted by Crippen LogP contribution is 2.61. The fraction of sp³-hybridized carbons (Fsp3) is 0.538. The van der Waals surface area contributed by atoms with Crippen LogP contribution < -0.4 is 11.1 Å². The molecule has 10 nitrogen and oxygen atoms in total. The number of hydrogen-bond donors (Lipinski definition) is 2. The molecule has 3 unspecified atom stereocenters. The lowest BCUT2D eigenvalue weighted by Crippen LogP contribution is -2.34. The number of fused-ring (bicyclic) bond motifs is 2. The molecule has 0 radical (unpaired) electrons. The third kappa shape index (κ3) is 7.90. The number of carbonyl (C=O) groups is 3. The van der Waals surface area contributed by atoms with Gasteiger partial charge in [-0.15, -0.1) is 17.3 Å². The maximum atomic E-state index is 11.8. The number of likely N-dealkylation sites (tertiary alicyclic amines) is 1. The zero-order valence-corrected chi connectivity index (χ0v) is 23.5. The monoisotopic (exact) mass is 580 g/mol. The van der Waals surface area contributed by atoms with E-state index in [4.69, 9.17) is 14.8 Å². The molecule has 1 aliphatic carbocycles. The summed E-state index contributed by atoms with van der Waals surface area (Å²) in [6.45, 7) is 10.2. The minimum Gasteiger partial charge on any atom is -0.381 e. The molecule has 40 heavy (non-hydrogen) atoms. The zero-order valence-electron chi connectivity index (χ0n) is 22.7. The van der Waals surface area contributed by atoms with Crippen LogP contribution >= 0.6 is 11.3 Å². The van der Waals surface area contributed by atoms with E-state index in [1.54, 1.807) is 20.2 Å². The van der Waals surface area contributed by atoms with Gasteiger partial charge < -0.3 is 20.7 Å². The van der Waals surface area contributed by atoms with Gasteiger partial charge in [0, 0.05) is 36.5 Å². The summed E-state index contributed by atoms with van der Waals surface area (Å²) in [4.78, 5) is 33.5. The Morgan fingerprint density at radius 3 is 2.45 bits per heavy atom. The van der Waals surface area contributed by atoms with Gasteiger partial charge in [0.05, 0.1) is 29.5 Å². The fourth-order valence-corrected chi connectivity index (χ4v) is 5.26. The summed E-state index contributed by atoms with van der Waals surface area (Å²) in [5.74, 6) is 5.27. The summed E-state index contributed by atoms with van der Waals surface area (Å²) >= 11 is 1.48. The minimum atomic E-state index is -4.86. The first kappa shape index (κ1) is 32.5. The summed E-state index contributed by atoms with van der Waals surface area (Å²) in [6, 6.07) is 1.17. The van der Waals surface area contributed by atoms with E-state index in [1.165, 1.54) is 11.3 Å². The van der Waals surface area contributed by atoms with Crippen LogP contribution in [0.25, 0.3) is 10.1 Å². The molecule has 2 fully saturated rings. The Morgan fingerprint density at radius 1 is 1.38 bits per heavy atom. The molecular formula is C26H31F3N6O4S. The van der Waals surface area contributed by atoms with Gasteiger partial charge >= 0.3 is 12.1 Å². The quantitative estimate of drug-likeness (QED) is 0.394. The van der Waals surface area contributed by atoms with Crippen molar-refractivity contribution in [1.82, 2.24) is 20.4 Å². The van der Waals surface area contributed by atoms with Crippen molar-refractivity contribution >= 4 is 39.6 Å². The van der Waals surface area contributed by atoms with Crippen LogP contribution in [0.1, 0.15) is 51.4 Å². The van der Waals surface area contributed by atoms with E-state index in [9.17, 15) is 22.8 Å². The second-order valence-electron chi connectivity index (χ2n) is 9.79. The smallest absolute Gasteiger partial charge is 0.381 e. The van der Waals surface area contributed by atoms with Gasteiger partial charge in [0.15, 0.2) is 6.04 Å². The number of primary amides is 1. The average molecular weight is 581 g/mol. The number of methoxy groups -OCH3 is 1. The number of carbonyl (C=O) groups excluding carboxylic acids is 3. The lowest BCUT2D eigenvalue weighted by molar-refractivity contribution is -0.169. The van der Waals surface area contributed by atoms with Crippen molar-refractivity contribution in [1.29, 1.82) is 5.26 Å². The van der Waals surface area contributed by atoms with Gasteiger partial charge in [-0.05, 0) is 31.1 Å². The molecular weight excluding hydrogens is 549 g/mol. The van der Waals surface area contributed by atoms with Crippen LogP contribution in [0.4, 0.5) is 13.2 Å². The maximum Gasteiger partial charge on any atom is 0.470 e. The number of piperidine rings is 1. The van der Waals surface area contributed by atoms with Gasteiger partial charge in [0.2, 0.25) is 12.3 Å². The van der Waals surface area contributed by atoms with Gasteiger partial charge in [-0.2, -0.15) is 28.6 Å². The van der Waals surface area contributed by atoms with Crippen LogP contribution in [-0.4, -0.2) is 65.8 Å². The molecule has 3 N–H and O–H groups in total. The van der Waals surface area contributed by atoms with Gasteiger partial charge in [-0.3, -0.25) is 14.4 Å². The molecule has 14 heteroatoms. The lowest BCUT2D eigenvalue weighted by Gasteiger charge is -2.23. The van der Waals surface area contributed by atoms with Crippen LogP contribution in [0.15, 0.2) is 11.6 Å². The first-order valence-electron chi connectivity index (χ1n) is 12.1. The summed E-state index contributed by atoms with van der Waals surface area (Å²) in [6.07, 6.45) is -2.19. The number of nitriles is 1. The Bertz CT molecular complexity index is 1310. The van der Waals surface area contributed by atoms with Crippen molar-refractivity contribution < 1.29 is 32.3 Å². The molecule has 1 saturated heterocycles. The second-order valence-corrected chi connectivity index (χ2v) is 10.7. The highest BCUT2D eigenvalue weighted by atomic mass is 32.1. The maximum absolute atomic E-state index is 11.8. The highest BCUT2D eigenvalue weighted by molar-refractivity contribution is 7.17. The minimum absolute atomic E-state index is 0.0439. The van der Waals surface area contributed by atoms with E-state index in [1.807, 2.05) is 23.3 Å². The number of hydrogen-bond acceptors (Lipinski definition) is 8. The van der Waals surface area contributed by atoms with Gasteiger partial charge in [-0.1, -0.05) is 19.8 Å². The van der Waals surface area contributed by atoms with Gasteiger partial charge in [0.25, 0.3) is 0 Å². The van der Waals surface area contributed by atoms with Crippen molar-refractivity contribution in [2.24, 2.45) is 23.0 Å². The SMILES string of the molecule is CC#Cc1csc2cnnc(C(C#N)NC=O)c12.CO[C@H](C)CC(=O)N1CC2C(C1)C2(C)C.NC(=O)C(F)(F)F. The van der Waals surface area contributed by atoms with E-state index in [-0.39, 0.29) is 12.0 Å². The van der Waals surface area contributed by atoms with E-state index in [2.05, 4.69) is 46.9 Å². The van der Waals surface area contributed by atoms with E-state index < -0.39 is 18.1 Å². The Hall–Kier alpha value is -3.75. The van der Waals surface area contributed by atoms with Crippen LogP contribution in [0.5, 0.6) is 0 Å². The molecule has 3 heterocycles. The van der Waals surface area contributed by atoms with E-state index in [0.29, 0.717) is 23.9 Å². The standard InChI is InChI=1S/C12H8N4OS.C12H21NO2.C2H2F3NO/c1-2-3-8-6-18-10-5-15-16-12(11(8)10)9(4-13)14-7-17;1-8(15-4)5-11(14)13-6-9-10(7-13)12(9,2)3;3-2(4,5)1(6)7/h5-7,9H,1H3,(H,14,17);8-10H,5-7H2,1-4H3;(H2,6,7)/t;8-,9?,10?;/m.1./s1. The molecule has 0 spiro atoms. The van der Waals surface area contributed by atoms with E-state index >= 15 is 0 Å². The first-order valence-corrected chi connectivity index (χ1v) is 13.0. The van der Waals surface area contributed by atoms with Crippen molar-refractivity contribution in [3.05, 3.63) is 22.8 Å². The summed E-state index contributed by atoms with van der Waals surface area (Å²) in [7, 11) is 1.66. The van der Waals surface area contributed by atoms with Crippen LogP contribution in [0.3, 0.4) is 0 Å². The van der Waals surface area contributed by atoms with Crippen LogP contribution in [0.2, 0.25) is 0 Å². The summed E-state index contributed by atoms with van der Waals surface area (Å²) in [5.41, 5.74) is 5.53. The number of halogens is 3. The van der Waals surface area contributed by atoms with Crippen molar-refractivity contribution in [3.8, 4) is 17.9 Å². The van der Waals surface area contributed by atoms with E-state index in [0.717, 1.165) is 40.6 Å². The first-order chi connectivity index (χ1) is 18.7. The number of thiophene rings is 1. The molecule has 4 atom stereocenters. The largest absolute Gasteiger partial charge is 0.470 e. The molecule has 1 aliphatic heterocycles. The molecule has 2 aliphatic rings. The normalized spacial score (nSPS) is 19.6. The van der Waals surface area contributed by atoms with Gasteiger partial charge in [-0.25, -0.2) is 0 Å². The number of amides is 3. The Balaban J connectivity index is 0.000000230. The lowest BCUT2D eigenvalue weighted by atomic mass is 10.1. The van der Waals surface area contributed by atoms with Gasteiger partial charge in [0.1, 0.15) is 5.69 Å². The molecule has 3 amide bonds. The number of rotatable bonds is 6. The molecule has 1 saturated carbocycles. The number of alkyl halides is 3. The molecule has 216 valence electrons. The molecule has 4 rings (SSSR count). The average Bonchev–Trinajstić information content (AvgIpc) is 3.30. The van der Waals surface area contributed by atoms with Crippen molar-refractivity contribution in [2.75, 3.05) is 20.2 Å². The predicted molar refractivity (Wildman–Crippen MR) is 141 cm³/mol. The third-order valence-corrected chi connectivity index (χ3v) is 7.85. The fourth-order valence-electron chi connectivity index (χ4n) is 4.39. The Labute approximate surface area is 234 Å². The molecule has 0 aromatic carbocycles. The summed E-state index contributed by atoms with van der Waals surface area (Å²) in [5, 5.41) is 21.9. The Morgan fingerprint density at radius 2 is 1.98 bits per heavy atom.